The van der Waals surface area contributed by atoms with E-state index in [1.54, 1.807) is 6.08 Å². The molecule has 3 atom stereocenters. The number of nitrogens with zero attached hydrogens (tertiary/aromatic N) is 2. The minimum absolute atomic E-state index is 0.0564. The van der Waals surface area contributed by atoms with Crippen LogP contribution < -0.4 is 10.6 Å². The fourth-order valence-corrected chi connectivity index (χ4v) is 6.90. The van der Waals surface area contributed by atoms with E-state index >= 15 is 0 Å². The number of amides is 3. The number of hydrogen-bond donors (Lipinski definition) is 3. The third-order valence-corrected chi connectivity index (χ3v) is 8.93. The van der Waals surface area contributed by atoms with E-state index in [-0.39, 0.29) is 29.3 Å². The van der Waals surface area contributed by atoms with E-state index in [9.17, 15) is 24.3 Å². The first-order valence-corrected chi connectivity index (χ1v) is 13.6. The van der Waals surface area contributed by atoms with Crippen LogP contribution in [0.15, 0.2) is 58.1 Å². The van der Waals surface area contributed by atoms with Crippen LogP contribution in [0.5, 0.6) is 0 Å². The molecule has 3 fully saturated rings. The molecule has 5 rings (SSSR count). The lowest BCUT2D eigenvalue weighted by molar-refractivity contribution is -0.150. The smallest absolute Gasteiger partial charge is 0.352 e. The monoisotopic (exact) mass is 514 g/mol. The molecule has 4 aliphatic heterocycles. The van der Waals surface area contributed by atoms with Crippen LogP contribution in [0.25, 0.3) is 0 Å². The van der Waals surface area contributed by atoms with Crippen LogP contribution >= 0.6 is 23.5 Å². The number of benzene rings is 1. The van der Waals surface area contributed by atoms with E-state index in [1.165, 1.54) is 28.4 Å². The number of carboxylic acid groups (broad SMARTS) is 1. The highest BCUT2D eigenvalue weighted by molar-refractivity contribution is 8.00. The van der Waals surface area contributed by atoms with Crippen molar-refractivity contribution in [3.8, 4) is 0 Å². The molecule has 184 valence electrons. The molecule has 3 saturated heterocycles. The number of carbonyl (C=O) groups is 4. The highest BCUT2D eigenvalue weighted by Crippen LogP contribution is 2.41. The first-order chi connectivity index (χ1) is 16.9. The highest BCUT2D eigenvalue weighted by Gasteiger charge is 2.54. The Bertz CT molecular complexity index is 1120. The SMILES string of the molecule is O=C(CSc1ccccc1)NC1C(=O)N2C(C(=O)O)=C(C=C3CCN(C4CCNC4)C3=O)CSC12. The minimum atomic E-state index is -1.21. The summed E-state index contributed by atoms with van der Waals surface area (Å²) in [6.45, 7) is 2.29. The number of fused-ring (bicyclic) bond motifs is 1. The van der Waals surface area contributed by atoms with Gasteiger partial charge in [-0.15, -0.1) is 23.5 Å². The zero-order chi connectivity index (χ0) is 24.5. The second-order valence-corrected chi connectivity index (χ2v) is 11.0. The van der Waals surface area contributed by atoms with Crippen molar-refractivity contribution in [2.24, 2.45) is 0 Å². The van der Waals surface area contributed by atoms with Crippen LogP contribution in [0.2, 0.25) is 0 Å². The summed E-state index contributed by atoms with van der Waals surface area (Å²) in [6, 6.07) is 8.91. The molecule has 0 saturated carbocycles. The van der Waals surface area contributed by atoms with Crippen molar-refractivity contribution in [3.05, 3.63) is 53.3 Å². The van der Waals surface area contributed by atoms with E-state index in [0.717, 1.165) is 24.4 Å². The number of hydrogen-bond acceptors (Lipinski definition) is 7. The molecule has 3 amide bonds. The van der Waals surface area contributed by atoms with Gasteiger partial charge in [0.05, 0.1) is 5.75 Å². The Morgan fingerprint density at radius 3 is 2.77 bits per heavy atom. The summed E-state index contributed by atoms with van der Waals surface area (Å²) in [5.74, 6) is -1.46. The molecule has 0 aliphatic carbocycles. The number of nitrogens with one attached hydrogen (secondary N) is 2. The van der Waals surface area contributed by atoms with Gasteiger partial charge in [-0.3, -0.25) is 19.3 Å². The molecular weight excluding hydrogens is 488 g/mol. The van der Waals surface area contributed by atoms with Crippen molar-refractivity contribution < 1.29 is 24.3 Å². The number of thioether (sulfide) groups is 2. The van der Waals surface area contributed by atoms with Gasteiger partial charge >= 0.3 is 5.97 Å². The van der Waals surface area contributed by atoms with Crippen molar-refractivity contribution in [1.29, 1.82) is 0 Å². The predicted octanol–water partition coefficient (Wildman–Crippen LogP) is 1.04. The van der Waals surface area contributed by atoms with E-state index < -0.39 is 23.3 Å². The first-order valence-electron chi connectivity index (χ1n) is 11.5. The number of likely N-dealkylation sites (tertiary alicyclic amines) is 1. The maximum Gasteiger partial charge on any atom is 0.352 e. The van der Waals surface area contributed by atoms with Crippen LogP contribution in [-0.2, 0) is 19.2 Å². The van der Waals surface area contributed by atoms with Crippen LogP contribution in [0, 0.1) is 0 Å². The van der Waals surface area contributed by atoms with Gasteiger partial charge in [-0.2, -0.15) is 0 Å². The molecule has 35 heavy (non-hydrogen) atoms. The van der Waals surface area contributed by atoms with Crippen LogP contribution in [-0.4, -0.2) is 87.2 Å². The molecule has 4 heterocycles. The summed E-state index contributed by atoms with van der Waals surface area (Å²) in [5.41, 5.74) is 0.955. The molecule has 0 spiro atoms. The summed E-state index contributed by atoms with van der Waals surface area (Å²) >= 11 is 2.78. The molecule has 4 aliphatic rings. The zero-order valence-electron chi connectivity index (χ0n) is 18.9. The largest absolute Gasteiger partial charge is 0.477 e. The number of allylic oxidation sites excluding steroid dienone is 1. The third kappa shape index (κ3) is 4.72. The van der Waals surface area contributed by atoms with Crippen molar-refractivity contribution in [1.82, 2.24) is 20.4 Å². The number of rotatable bonds is 7. The van der Waals surface area contributed by atoms with E-state index in [2.05, 4.69) is 10.6 Å². The number of β-lactam (4-membered cyclic amide) rings is 1. The lowest BCUT2D eigenvalue weighted by Gasteiger charge is -2.49. The fourth-order valence-electron chi connectivity index (χ4n) is 4.87. The minimum Gasteiger partial charge on any atom is -0.477 e. The number of aliphatic carboxylic acids is 1. The molecule has 0 aromatic heterocycles. The summed E-state index contributed by atoms with van der Waals surface area (Å²) in [6.07, 6.45) is 3.14. The third-order valence-electron chi connectivity index (χ3n) is 6.61. The van der Waals surface area contributed by atoms with Crippen molar-refractivity contribution >= 4 is 47.2 Å². The lowest BCUT2D eigenvalue weighted by Crippen LogP contribution is -2.70. The van der Waals surface area contributed by atoms with Gasteiger partial charge in [0.25, 0.3) is 5.91 Å². The molecule has 0 radical (unpaired) electrons. The van der Waals surface area contributed by atoms with Crippen molar-refractivity contribution in [2.75, 3.05) is 31.1 Å². The van der Waals surface area contributed by atoms with Gasteiger partial charge in [0, 0.05) is 35.4 Å². The quantitative estimate of drug-likeness (QED) is 0.281. The first kappa shape index (κ1) is 24.0. The topological polar surface area (TPSA) is 119 Å². The van der Waals surface area contributed by atoms with Crippen LogP contribution in [0.4, 0.5) is 0 Å². The van der Waals surface area contributed by atoms with Gasteiger partial charge < -0.3 is 20.6 Å². The van der Waals surface area contributed by atoms with E-state index in [1.807, 2.05) is 35.2 Å². The Hall–Kier alpha value is -2.76. The average molecular weight is 515 g/mol. The van der Waals surface area contributed by atoms with Gasteiger partial charge in [0.2, 0.25) is 11.8 Å². The summed E-state index contributed by atoms with van der Waals surface area (Å²) in [7, 11) is 0. The number of carbonyl (C=O) groups excluding carboxylic acids is 3. The molecule has 1 aromatic rings. The predicted molar refractivity (Wildman–Crippen MR) is 133 cm³/mol. The van der Waals surface area contributed by atoms with Crippen molar-refractivity contribution in [3.63, 3.8) is 0 Å². The van der Waals surface area contributed by atoms with Crippen LogP contribution in [0.3, 0.4) is 0 Å². The molecule has 0 bridgehead atoms. The van der Waals surface area contributed by atoms with Gasteiger partial charge in [0.1, 0.15) is 17.1 Å². The molecule has 1 aromatic carbocycles. The standard InChI is InChI=1S/C24H26N4O5S2/c29-18(13-34-17-4-2-1-3-5-17)26-19-22(31)28-20(24(32)33)15(12-35-23(19)28)10-14-7-9-27(21(14)30)16-6-8-25-11-16/h1-5,10,16,19,23,25H,6-9,11-13H2,(H,26,29)(H,32,33). The Morgan fingerprint density at radius 1 is 1.26 bits per heavy atom. The second kappa shape index (κ2) is 10.1. The van der Waals surface area contributed by atoms with Gasteiger partial charge in [-0.05, 0) is 43.2 Å². The van der Waals surface area contributed by atoms with Gasteiger partial charge in [-0.1, -0.05) is 18.2 Å². The maximum absolute atomic E-state index is 12.9. The van der Waals surface area contributed by atoms with Crippen molar-refractivity contribution in [2.45, 2.75) is 35.2 Å². The average Bonchev–Trinajstić information content (AvgIpc) is 3.51. The second-order valence-electron chi connectivity index (χ2n) is 8.80. The van der Waals surface area contributed by atoms with E-state index in [0.29, 0.717) is 29.9 Å². The summed E-state index contributed by atoms with van der Waals surface area (Å²) in [4.78, 5) is 54.4. The summed E-state index contributed by atoms with van der Waals surface area (Å²) in [5, 5.41) is 15.5. The lowest BCUT2D eigenvalue weighted by atomic mass is 10.0. The number of carboxylic acids is 1. The molecular formula is C24H26N4O5S2. The Labute approximate surface area is 211 Å². The zero-order valence-corrected chi connectivity index (χ0v) is 20.6. The molecule has 3 N–H and O–H groups in total. The molecule has 3 unspecified atom stereocenters. The maximum atomic E-state index is 12.9. The Kier molecular flexibility index (Phi) is 6.90. The Balaban J connectivity index is 1.26. The molecule has 9 nitrogen and oxygen atoms in total. The van der Waals surface area contributed by atoms with Crippen LogP contribution in [0.1, 0.15) is 12.8 Å². The highest BCUT2D eigenvalue weighted by atomic mass is 32.2. The van der Waals surface area contributed by atoms with Gasteiger partial charge in [-0.25, -0.2) is 4.79 Å². The van der Waals surface area contributed by atoms with Gasteiger partial charge in [0.15, 0.2) is 0 Å². The normalized spacial score (nSPS) is 27.3. The summed E-state index contributed by atoms with van der Waals surface area (Å²) < 4.78 is 0. The fraction of sp³-hybridized carbons (Fsp3) is 0.417. The van der Waals surface area contributed by atoms with E-state index in [4.69, 9.17) is 0 Å². The molecule has 11 heteroatoms. The Morgan fingerprint density at radius 2 is 2.06 bits per heavy atom.